The van der Waals surface area contributed by atoms with Crippen molar-refractivity contribution in [3.8, 4) is 17.7 Å². The first-order valence-corrected chi connectivity index (χ1v) is 6.04. The van der Waals surface area contributed by atoms with Crippen molar-refractivity contribution in [2.24, 2.45) is 0 Å². The van der Waals surface area contributed by atoms with Gasteiger partial charge in [-0.05, 0) is 49.2 Å². The normalized spacial score (nSPS) is 11.0. The molecule has 1 aromatic heterocycles. The molecule has 0 atom stereocenters. The molecule has 0 aliphatic carbocycles. The number of aromatic nitrogens is 1. The number of ether oxygens (including phenoxy) is 1. The maximum absolute atomic E-state index is 12.7. The third-order valence-electron chi connectivity index (χ3n) is 2.68. The second-order valence-electron chi connectivity index (χ2n) is 4.58. The number of hydrogen-bond donors (Lipinski definition) is 0. The van der Waals surface area contributed by atoms with Crippen LogP contribution in [0.4, 0.5) is 13.2 Å². The van der Waals surface area contributed by atoms with Gasteiger partial charge in [0.15, 0.2) is 0 Å². The van der Waals surface area contributed by atoms with Crippen molar-refractivity contribution in [2.45, 2.75) is 20.0 Å². The molecule has 1 aromatic carbocycles. The van der Waals surface area contributed by atoms with Crippen molar-refractivity contribution in [2.75, 3.05) is 0 Å². The number of rotatable bonds is 2. The standard InChI is InChI=1S/C15H11F3N2O/c1-9-5-10(2)7-12(6-9)21-14-11(8-19)3-4-13(20-14)15(16,17)18/h3-7H,1-2H3. The highest BCUT2D eigenvalue weighted by Crippen LogP contribution is 2.32. The summed E-state index contributed by atoms with van der Waals surface area (Å²) in [7, 11) is 0. The van der Waals surface area contributed by atoms with Gasteiger partial charge in [-0.2, -0.15) is 18.4 Å². The van der Waals surface area contributed by atoms with Gasteiger partial charge in [0.05, 0.1) is 0 Å². The molecule has 0 unspecified atom stereocenters. The van der Waals surface area contributed by atoms with Crippen LogP contribution >= 0.6 is 0 Å². The lowest BCUT2D eigenvalue weighted by molar-refractivity contribution is -0.141. The largest absolute Gasteiger partial charge is 0.438 e. The predicted octanol–water partition coefficient (Wildman–Crippen LogP) is 4.38. The molecule has 0 saturated heterocycles. The predicted molar refractivity (Wildman–Crippen MR) is 69.9 cm³/mol. The number of nitriles is 1. The minimum Gasteiger partial charge on any atom is -0.438 e. The number of nitrogens with zero attached hydrogens (tertiary/aromatic N) is 2. The maximum atomic E-state index is 12.7. The van der Waals surface area contributed by atoms with Crippen molar-refractivity contribution < 1.29 is 17.9 Å². The van der Waals surface area contributed by atoms with Crippen LogP contribution in [-0.2, 0) is 6.18 Å². The van der Waals surface area contributed by atoms with Gasteiger partial charge in [-0.15, -0.1) is 0 Å². The summed E-state index contributed by atoms with van der Waals surface area (Å²) in [6, 6.07) is 8.80. The summed E-state index contributed by atoms with van der Waals surface area (Å²) in [4.78, 5) is 3.40. The molecule has 0 amide bonds. The van der Waals surface area contributed by atoms with E-state index in [9.17, 15) is 13.2 Å². The first kappa shape index (κ1) is 14.9. The Balaban J connectivity index is 2.45. The summed E-state index contributed by atoms with van der Waals surface area (Å²) < 4.78 is 43.4. The van der Waals surface area contributed by atoms with Crippen LogP contribution in [-0.4, -0.2) is 4.98 Å². The van der Waals surface area contributed by atoms with E-state index in [4.69, 9.17) is 10.00 Å². The van der Waals surface area contributed by atoms with Gasteiger partial charge in [-0.3, -0.25) is 0 Å². The summed E-state index contributed by atoms with van der Waals surface area (Å²) in [5, 5.41) is 8.95. The minimum absolute atomic E-state index is 0.0536. The maximum Gasteiger partial charge on any atom is 0.433 e. The minimum atomic E-state index is -4.59. The van der Waals surface area contributed by atoms with Crippen LogP contribution in [0.3, 0.4) is 0 Å². The molecule has 0 radical (unpaired) electrons. The highest BCUT2D eigenvalue weighted by atomic mass is 19.4. The Morgan fingerprint density at radius 3 is 2.24 bits per heavy atom. The average Bonchev–Trinajstić information content (AvgIpc) is 2.36. The van der Waals surface area contributed by atoms with E-state index in [0.29, 0.717) is 5.75 Å². The fraction of sp³-hybridized carbons (Fsp3) is 0.200. The van der Waals surface area contributed by atoms with Gasteiger partial charge in [0.1, 0.15) is 23.1 Å². The molecular formula is C15H11F3N2O. The quantitative estimate of drug-likeness (QED) is 0.825. The number of pyridine rings is 1. The summed E-state index contributed by atoms with van der Waals surface area (Å²) in [5.74, 6) is -0.00634. The zero-order valence-corrected chi connectivity index (χ0v) is 11.3. The van der Waals surface area contributed by atoms with E-state index in [0.717, 1.165) is 23.3 Å². The Labute approximate surface area is 119 Å². The van der Waals surface area contributed by atoms with Crippen LogP contribution in [0.1, 0.15) is 22.4 Å². The molecule has 3 nitrogen and oxygen atoms in total. The molecule has 6 heteroatoms. The summed E-state index contributed by atoms with van der Waals surface area (Å²) in [6.07, 6.45) is -4.59. The van der Waals surface area contributed by atoms with Crippen LogP contribution in [0.2, 0.25) is 0 Å². The van der Waals surface area contributed by atoms with Crippen LogP contribution in [0.25, 0.3) is 0 Å². The fourth-order valence-corrected chi connectivity index (χ4v) is 1.86. The van der Waals surface area contributed by atoms with Gasteiger partial charge in [0, 0.05) is 0 Å². The van der Waals surface area contributed by atoms with E-state index in [-0.39, 0.29) is 11.4 Å². The lowest BCUT2D eigenvalue weighted by Gasteiger charge is -2.11. The second kappa shape index (κ2) is 5.44. The van der Waals surface area contributed by atoms with Crippen molar-refractivity contribution >= 4 is 0 Å². The first-order chi connectivity index (χ1) is 9.79. The van der Waals surface area contributed by atoms with Gasteiger partial charge in [-0.1, -0.05) is 6.07 Å². The number of benzene rings is 1. The summed E-state index contributed by atoms with van der Waals surface area (Å²) in [5.41, 5.74) is 0.647. The van der Waals surface area contributed by atoms with Crippen LogP contribution in [0.15, 0.2) is 30.3 Å². The molecular weight excluding hydrogens is 281 g/mol. The molecule has 2 rings (SSSR count). The molecule has 0 saturated carbocycles. The molecule has 0 aliphatic rings. The van der Waals surface area contributed by atoms with E-state index in [1.54, 1.807) is 18.2 Å². The Kier molecular flexibility index (Phi) is 3.85. The van der Waals surface area contributed by atoms with E-state index >= 15 is 0 Å². The topological polar surface area (TPSA) is 45.9 Å². The Morgan fingerprint density at radius 2 is 1.71 bits per heavy atom. The second-order valence-corrected chi connectivity index (χ2v) is 4.58. The monoisotopic (exact) mass is 292 g/mol. The zero-order chi connectivity index (χ0) is 15.6. The third-order valence-corrected chi connectivity index (χ3v) is 2.68. The average molecular weight is 292 g/mol. The van der Waals surface area contributed by atoms with Crippen LogP contribution in [0.5, 0.6) is 11.6 Å². The molecule has 108 valence electrons. The van der Waals surface area contributed by atoms with E-state index < -0.39 is 11.9 Å². The Bertz CT molecular complexity index is 698. The van der Waals surface area contributed by atoms with Crippen molar-refractivity contribution in [1.82, 2.24) is 4.98 Å². The van der Waals surface area contributed by atoms with Crippen LogP contribution < -0.4 is 4.74 Å². The summed E-state index contributed by atoms with van der Waals surface area (Å²) in [6.45, 7) is 3.68. The highest BCUT2D eigenvalue weighted by molar-refractivity contribution is 5.43. The zero-order valence-electron chi connectivity index (χ0n) is 11.3. The molecule has 0 N–H and O–H groups in total. The molecule has 1 heterocycles. The number of aryl methyl sites for hydroxylation is 2. The highest BCUT2D eigenvalue weighted by Gasteiger charge is 2.33. The van der Waals surface area contributed by atoms with Gasteiger partial charge in [0.25, 0.3) is 0 Å². The van der Waals surface area contributed by atoms with E-state index in [2.05, 4.69) is 4.98 Å². The molecule has 2 aromatic rings. The lowest BCUT2D eigenvalue weighted by Crippen LogP contribution is -2.09. The Morgan fingerprint density at radius 1 is 1.10 bits per heavy atom. The molecule has 21 heavy (non-hydrogen) atoms. The van der Waals surface area contributed by atoms with Gasteiger partial charge < -0.3 is 4.74 Å². The number of halogens is 3. The van der Waals surface area contributed by atoms with Crippen LogP contribution in [0, 0.1) is 25.2 Å². The van der Waals surface area contributed by atoms with Crippen molar-refractivity contribution in [3.63, 3.8) is 0 Å². The number of hydrogen-bond acceptors (Lipinski definition) is 3. The smallest absolute Gasteiger partial charge is 0.433 e. The molecule has 0 spiro atoms. The van der Waals surface area contributed by atoms with E-state index in [1.165, 1.54) is 0 Å². The molecule has 0 aliphatic heterocycles. The lowest BCUT2D eigenvalue weighted by atomic mass is 10.1. The van der Waals surface area contributed by atoms with Gasteiger partial charge in [0.2, 0.25) is 5.88 Å². The fourth-order valence-electron chi connectivity index (χ4n) is 1.86. The van der Waals surface area contributed by atoms with Gasteiger partial charge >= 0.3 is 6.18 Å². The van der Waals surface area contributed by atoms with Crippen molar-refractivity contribution in [3.05, 3.63) is 52.7 Å². The first-order valence-electron chi connectivity index (χ1n) is 6.04. The Hall–Kier alpha value is -2.55. The SMILES string of the molecule is Cc1cc(C)cc(Oc2nc(C(F)(F)F)ccc2C#N)c1. The number of alkyl halides is 3. The molecule has 0 bridgehead atoms. The van der Waals surface area contributed by atoms with Gasteiger partial charge in [-0.25, -0.2) is 4.98 Å². The third kappa shape index (κ3) is 3.51. The van der Waals surface area contributed by atoms with E-state index in [1.807, 2.05) is 19.9 Å². The summed E-state index contributed by atoms with van der Waals surface area (Å²) >= 11 is 0. The molecule has 0 fully saturated rings. The van der Waals surface area contributed by atoms with Crippen molar-refractivity contribution in [1.29, 1.82) is 5.26 Å².